The van der Waals surface area contributed by atoms with E-state index in [1.807, 2.05) is 16.2 Å². The van der Waals surface area contributed by atoms with Gasteiger partial charge < -0.3 is 19.5 Å². The van der Waals surface area contributed by atoms with Gasteiger partial charge in [-0.1, -0.05) is 29.8 Å². The molecule has 1 aliphatic carbocycles. The van der Waals surface area contributed by atoms with Crippen LogP contribution in [0, 0.1) is 6.92 Å². The number of carbonyl (C=O) groups is 1. The second-order valence-corrected chi connectivity index (χ2v) is 9.90. The number of thiophene rings is 1. The molecule has 0 bridgehead atoms. The van der Waals surface area contributed by atoms with Crippen LogP contribution in [-0.4, -0.2) is 35.8 Å². The van der Waals surface area contributed by atoms with Crippen molar-refractivity contribution in [2.45, 2.75) is 51.6 Å². The summed E-state index contributed by atoms with van der Waals surface area (Å²) < 4.78 is 7.49. The summed E-state index contributed by atoms with van der Waals surface area (Å²) in [6.07, 6.45) is 7.75. The standard InChI is InChI=1S/C26H31N3O2S/c1-18-10-12-19(13-11-18)24-22-8-5-15-28(22)25-21(20-7-3-4-9-23(20)32-25)17-29(24)26(30)27-14-6-16-31-2/h5,8,10-13,15,24H,3-4,6-7,9,14,16-17H2,1-2H3,(H,27,30)/t24-/m1/s1. The maximum Gasteiger partial charge on any atom is 0.318 e. The largest absolute Gasteiger partial charge is 0.385 e. The molecule has 0 saturated carbocycles. The van der Waals surface area contributed by atoms with E-state index in [9.17, 15) is 4.79 Å². The number of hydrogen-bond acceptors (Lipinski definition) is 3. The second-order valence-electron chi connectivity index (χ2n) is 8.82. The first-order chi connectivity index (χ1) is 15.7. The first-order valence-electron chi connectivity index (χ1n) is 11.6. The highest BCUT2D eigenvalue weighted by molar-refractivity contribution is 7.15. The van der Waals surface area contributed by atoms with Gasteiger partial charge in [-0.05, 0) is 62.3 Å². The monoisotopic (exact) mass is 449 g/mol. The molecule has 32 heavy (non-hydrogen) atoms. The number of carbonyl (C=O) groups excluding carboxylic acids is 1. The predicted octanol–water partition coefficient (Wildman–Crippen LogP) is 5.38. The summed E-state index contributed by atoms with van der Waals surface area (Å²) in [4.78, 5) is 17.1. The van der Waals surface area contributed by atoms with Crippen LogP contribution in [0.4, 0.5) is 4.79 Å². The Bertz CT molecular complexity index is 1100. The number of hydrogen-bond donors (Lipinski definition) is 1. The molecule has 1 N–H and O–H groups in total. The summed E-state index contributed by atoms with van der Waals surface area (Å²) in [5.74, 6) is 0. The highest BCUT2D eigenvalue weighted by Crippen LogP contribution is 2.43. The molecule has 0 saturated heterocycles. The van der Waals surface area contributed by atoms with Crippen molar-refractivity contribution in [1.29, 1.82) is 0 Å². The SMILES string of the molecule is COCCCNC(=O)N1Cc2c(sc3c2CCCC3)-n2cccc2[C@H]1c1ccc(C)cc1. The molecule has 2 amide bonds. The zero-order valence-corrected chi connectivity index (χ0v) is 19.7. The van der Waals surface area contributed by atoms with E-state index < -0.39 is 0 Å². The Balaban J connectivity index is 1.59. The number of aromatic nitrogens is 1. The fourth-order valence-electron chi connectivity index (χ4n) is 5.00. The highest BCUT2D eigenvalue weighted by Gasteiger charge is 2.35. The number of nitrogens with zero attached hydrogens (tertiary/aromatic N) is 2. The third-order valence-electron chi connectivity index (χ3n) is 6.63. The van der Waals surface area contributed by atoms with Gasteiger partial charge in [0.1, 0.15) is 5.00 Å². The predicted molar refractivity (Wildman–Crippen MR) is 129 cm³/mol. The second kappa shape index (κ2) is 9.12. The summed E-state index contributed by atoms with van der Waals surface area (Å²) in [6.45, 7) is 3.99. The fraction of sp³-hybridized carbons (Fsp3) is 0.423. The third kappa shape index (κ3) is 3.86. The van der Waals surface area contributed by atoms with Crippen LogP contribution in [0.15, 0.2) is 42.6 Å². The van der Waals surface area contributed by atoms with Gasteiger partial charge >= 0.3 is 6.03 Å². The van der Waals surface area contributed by atoms with E-state index in [0.29, 0.717) is 19.7 Å². The number of aryl methyl sites for hydroxylation is 2. The summed E-state index contributed by atoms with van der Waals surface area (Å²) in [6, 6.07) is 12.7. The zero-order chi connectivity index (χ0) is 22.1. The number of urea groups is 1. The molecule has 0 fully saturated rings. The van der Waals surface area contributed by atoms with Gasteiger partial charge in [-0.25, -0.2) is 4.79 Å². The van der Waals surface area contributed by atoms with Crippen LogP contribution in [0.1, 0.15) is 58.1 Å². The van der Waals surface area contributed by atoms with E-state index in [1.54, 1.807) is 7.11 Å². The lowest BCUT2D eigenvalue weighted by Crippen LogP contribution is -2.42. The average Bonchev–Trinajstić information content (AvgIpc) is 3.39. The van der Waals surface area contributed by atoms with Crippen molar-refractivity contribution in [1.82, 2.24) is 14.8 Å². The summed E-state index contributed by atoms with van der Waals surface area (Å²) >= 11 is 1.92. The van der Waals surface area contributed by atoms with Crippen LogP contribution >= 0.6 is 11.3 Å². The van der Waals surface area contributed by atoms with Gasteiger partial charge in [-0.3, -0.25) is 0 Å². The maximum absolute atomic E-state index is 13.6. The van der Waals surface area contributed by atoms with Crippen LogP contribution in [0.5, 0.6) is 0 Å². The summed E-state index contributed by atoms with van der Waals surface area (Å²) in [7, 11) is 1.69. The van der Waals surface area contributed by atoms with Crippen molar-refractivity contribution in [2.75, 3.05) is 20.3 Å². The van der Waals surface area contributed by atoms with E-state index in [0.717, 1.165) is 30.5 Å². The van der Waals surface area contributed by atoms with Crippen molar-refractivity contribution >= 4 is 17.4 Å². The minimum Gasteiger partial charge on any atom is -0.385 e. The molecule has 1 atom stereocenters. The summed E-state index contributed by atoms with van der Waals surface area (Å²) in [5, 5.41) is 4.45. The number of rotatable bonds is 5. The smallest absolute Gasteiger partial charge is 0.318 e. The molecule has 0 spiro atoms. The van der Waals surface area contributed by atoms with Gasteiger partial charge in [0.15, 0.2) is 0 Å². The van der Waals surface area contributed by atoms with Crippen molar-refractivity contribution in [3.63, 3.8) is 0 Å². The van der Waals surface area contributed by atoms with Crippen LogP contribution < -0.4 is 5.32 Å². The molecule has 5 rings (SSSR count). The van der Waals surface area contributed by atoms with Gasteiger partial charge in [0.2, 0.25) is 0 Å². The number of ether oxygens (including phenoxy) is 1. The van der Waals surface area contributed by atoms with Gasteiger partial charge in [0, 0.05) is 36.9 Å². The molecule has 2 aliphatic rings. The van der Waals surface area contributed by atoms with Crippen LogP contribution in [-0.2, 0) is 24.1 Å². The van der Waals surface area contributed by atoms with E-state index in [1.165, 1.54) is 39.4 Å². The number of benzene rings is 1. The highest BCUT2D eigenvalue weighted by atomic mass is 32.1. The summed E-state index contributed by atoms with van der Waals surface area (Å²) in [5.41, 5.74) is 6.34. The third-order valence-corrected chi connectivity index (χ3v) is 7.97. The molecule has 0 radical (unpaired) electrons. The van der Waals surface area contributed by atoms with E-state index in [-0.39, 0.29) is 12.1 Å². The molecule has 3 aromatic rings. The van der Waals surface area contributed by atoms with Crippen molar-refractivity contribution < 1.29 is 9.53 Å². The molecular formula is C26H31N3O2S. The van der Waals surface area contributed by atoms with E-state index in [2.05, 4.69) is 59.4 Å². The molecule has 0 unspecified atom stereocenters. The molecular weight excluding hydrogens is 418 g/mol. The van der Waals surface area contributed by atoms with E-state index in [4.69, 9.17) is 4.74 Å². The average molecular weight is 450 g/mol. The van der Waals surface area contributed by atoms with Gasteiger partial charge in [-0.15, -0.1) is 11.3 Å². The Kier molecular flexibility index (Phi) is 6.07. The first-order valence-corrected chi connectivity index (χ1v) is 12.4. The quantitative estimate of drug-likeness (QED) is 0.532. The molecule has 3 heterocycles. The topological polar surface area (TPSA) is 46.5 Å². The number of fused-ring (bicyclic) bond motifs is 5. The normalized spacial score (nSPS) is 17.3. The lowest BCUT2D eigenvalue weighted by Gasteiger charge is -2.31. The fourth-order valence-corrected chi connectivity index (χ4v) is 6.40. The Hall–Kier alpha value is -2.57. The van der Waals surface area contributed by atoms with Crippen LogP contribution in [0.2, 0.25) is 0 Å². The number of methoxy groups -OCH3 is 1. The van der Waals surface area contributed by atoms with Crippen LogP contribution in [0.3, 0.4) is 0 Å². The first kappa shape index (κ1) is 21.3. The van der Waals surface area contributed by atoms with Gasteiger partial charge in [0.05, 0.1) is 18.3 Å². The molecule has 1 aliphatic heterocycles. The van der Waals surface area contributed by atoms with Crippen molar-refractivity contribution in [3.05, 3.63) is 75.4 Å². The molecule has 5 nitrogen and oxygen atoms in total. The van der Waals surface area contributed by atoms with E-state index >= 15 is 0 Å². The van der Waals surface area contributed by atoms with Crippen molar-refractivity contribution in [3.8, 4) is 5.00 Å². The minimum atomic E-state index is -0.133. The van der Waals surface area contributed by atoms with Gasteiger partial charge in [0.25, 0.3) is 0 Å². The van der Waals surface area contributed by atoms with Crippen LogP contribution in [0.25, 0.3) is 5.00 Å². The molecule has 6 heteroatoms. The lowest BCUT2D eigenvalue weighted by molar-refractivity contribution is 0.174. The lowest BCUT2D eigenvalue weighted by atomic mass is 9.95. The zero-order valence-electron chi connectivity index (χ0n) is 18.9. The number of nitrogens with one attached hydrogen (secondary N) is 1. The molecule has 2 aromatic heterocycles. The Morgan fingerprint density at radius 1 is 1.16 bits per heavy atom. The molecule has 1 aromatic carbocycles. The Morgan fingerprint density at radius 2 is 1.97 bits per heavy atom. The molecule has 168 valence electrons. The Morgan fingerprint density at radius 3 is 2.78 bits per heavy atom. The van der Waals surface area contributed by atoms with Crippen molar-refractivity contribution in [2.24, 2.45) is 0 Å². The minimum absolute atomic E-state index is 0.0111. The maximum atomic E-state index is 13.6. The Labute approximate surface area is 194 Å². The number of amides is 2. The van der Waals surface area contributed by atoms with Gasteiger partial charge in [-0.2, -0.15) is 0 Å².